The molecule has 0 aliphatic carbocycles. The van der Waals surface area contributed by atoms with Gasteiger partial charge in [0.25, 0.3) is 5.91 Å². The van der Waals surface area contributed by atoms with Crippen LogP contribution in [-0.4, -0.2) is 41.1 Å². The molecule has 2 aromatic carbocycles. The Kier molecular flexibility index (Phi) is 8.17. The van der Waals surface area contributed by atoms with E-state index in [0.717, 1.165) is 12.0 Å². The topological polar surface area (TPSA) is 84.5 Å². The summed E-state index contributed by atoms with van der Waals surface area (Å²) in [5.41, 5.74) is 2.96. The zero-order valence-electron chi connectivity index (χ0n) is 16.6. The molecule has 0 saturated heterocycles. The highest BCUT2D eigenvalue weighted by atomic mass is 32.2. The van der Waals surface area contributed by atoms with E-state index in [2.05, 4.69) is 22.2 Å². The number of rotatable bonds is 10. The molecule has 152 valence electrons. The minimum atomic E-state index is -3.62. The normalized spacial score (nSPS) is 11.4. The van der Waals surface area contributed by atoms with Crippen LogP contribution in [0, 0.1) is 13.8 Å². The van der Waals surface area contributed by atoms with Crippen molar-refractivity contribution in [2.45, 2.75) is 31.6 Å². The molecule has 0 spiro atoms. The summed E-state index contributed by atoms with van der Waals surface area (Å²) in [6.07, 6.45) is 1.55. The maximum atomic E-state index is 12.4. The van der Waals surface area contributed by atoms with Crippen molar-refractivity contribution in [3.63, 3.8) is 0 Å². The second kappa shape index (κ2) is 10.4. The Morgan fingerprint density at radius 2 is 1.79 bits per heavy atom. The van der Waals surface area contributed by atoms with Crippen LogP contribution in [0.3, 0.4) is 0 Å². The van der Waals surface area contributed by atoms with Gasteiger partial charge in [0, 0.05) is 18.7 Å². The second-order valence-electron chi connectivity index (χ2n) is 6.58. The molecule has 7 heteroatoms. The van der Waals surface area contributed by atoms with Gasteiger partial charge in [0.15, 0.2) is 0 Å². The Morgan fingerprint density at radius 3 is 2.46 bits per heavy atom. The molecule has 1 amide bonds. The van der Waals surface area contributed by atoms with Gasteiger partial charge in [-0.15, -0.1) is 0 Å². The Hall–Kier alpha value is -2.22. The fraction of sp³-hybridized carbons (Fsp3) is 0.381. The number of carbonyl (C=O) groups is 1. The Labute approximate surface area is 167 Å². The number of ether oxygens (including phenoxy) is 1. The Morgan fingerprint density at radius 1 is 1.07 bits per heavy atom. The summed E-state index contributed by atoms with van der Waals surface area (Å²) in [7, 11) is -2.26. The van der Waals surface area contributed by atoms with Gasteiger partial charge in [0.1, 0.15) is 0 Å². The minimum absolute atomic E-state index is 0.129. The largest absolute Gasteiger partial charge is 0.381 e. The van der Waals surface area contributed by atoms with Crippen molar-refractivity contribution >= 4 is 15.9 Å². The molecule has 2 N–H and O–H groups in total. The molecule has 6 nitrogen and oxygen atoms in total. The highest BCUT2D eigenvalue weighted by molar-refractivity contribution is 7.89. The highest BCUT2D eigenvalue weighted by Crippen LogP contribution is 2.21. The van der Waals surface area contributed by atoms with Gasteiger partial charge in [-0.1, -0.05) is 30.3 Å². The summed E-state index contributed by atoms with van der Waals surface area (Å²) in [6.45, 7) is 5.18. The fourth-order valence-corrected chi connectivity index (χ4v) is 3.83. The molecule has 0 bridgehead atoms. The van der Waals surface area contributed by atoms with Crippen molar-refractivity contribution < 1.29 is 17.9 Å². The van der Waals surface area contributed by atoms with E-state index in [1.165, 1.54) is 18.7 Å². The molecule has 0 unspecified atom stereocenters. The maximum Gasteiger partial charge on any atom is 0.251 e. The van der Waals surface area contributed by atoms with Crippen LogP contribution in [0.25, 0.3) is 0 Å². The molecule has 0 atom stereocenters. The monoisotopic (exact) mass is 404 g/mol. The van der Waals surface area contributed by atoms with Gasteiger partial charge in [-0.3, -0.25) is 4.79 Å². The van der Waals surface area contributed by atoms with Crippen LogP contribution in [0.1, 0.15) is 33.5 Å². The summed E-state index contributed by atoms with van der Waals surface area (Å²) in [5, 5.41) is 2.82. The van der Waals surface area contributed by atoms with E-state index in [-0.39, 0.29) is 10.8 Å². The van der Waals surface area contributed by atoms with E-state index in [4.69, 9.17) is 4.74 Å². The van der Waals surface area contributed by atoms with E-state index in [1.54, 1.807) is 19.9 Å². The van der Waals surface area contributed by atoms with E-state index in [1.807, 2.05) is 18.2 Å². The van der Waals surface area contributed by atoms with Crippen LogP contribution >= 0.6 is 0 Å². The van der Waals surface area contributed by atoms with Crippen LogP contribution in [0.4, 0.5) is 0 Å². The Balaban J connectivity index is 1.80. The van der Waals surface area contributed by atoms with Gasteiger partial charge in [-0.2, -0.15) is 0 Å². The molecule has 28 heavy (non-hydrogen) atoms. The molecule has 0 heterocycles. The highest BCUT2D eigenvalue weighted by Gasteiger charge is 2.19. The molecule has 0 saturated carbocycles. The third-order valence-electron chi connectivity index (χ3n) is 4.57. The van der Waals surface area contributed by atoms with Gasteiger partial charge in [-0.05, 0) is 62.6 Å². The van der Waals surface area contributed by atoms with Gasteiger partial charge in [0.05, 0.1) is 11.5 Å². The van der Waals surface area contributed by atoms with E-state index < -0.39 is 10.0 Å². The lowest BCUT2D eigenvalue weighted by atomic mass is 10.1. The Bertz CT molecular complexity index is 896. The average Bonchev–Trinajstić information content (AvgIpc) is 2.69. The molecular weight excluding hydrogens is 376 g/mol. The summed E-state index contributed by atoms with van der Waals surface area (Å²) in [4.78, 5) is 12.5. The van der Waals surface area contributed by atoms with Gasteiger partial charge in [0.2, 0.25) is 10.0 Å². The second-order valence-corrected chi connectivity index (χ2v) is 8.44. The first kappa shape index (κ1) is 22.1. The molecule has 0 aliphatic heterocycles. The van der Waals surface area contributed by atoms with Crippen LogP contribution in [0.2, 0.25) is 0 Å². The lowest BCUT2D eigenvalue weighted by Gasteiger charge is -2.12. The van der Waals surface area contributed by atoms with Crippen molar-refractivity contribution in [2.75, 3.05) is 26.8 Å². The van der Waals surface area contributed by atoms with Crippen LogP contribution in [-0.2, 0) is 21.2 Å². The molecule has 2 aromatic rings. The van der Waals surface area contributed by atoms with Gasteiger partial charge in [-0.25, -0.2) is 13.1 Å². The predicted molar refractivity (Wildman–Crippen MR) is 110 cm³/mol. The lowest BCUT2D eigenvalue weighted by Crippen LogP contribution is -2.26. The predicted octanol–water partition coefficient (Wildman–Crippen LogP) is 2.59. The van der Waals surface area contributed by atoms with E-state index in [9.17, 15) is 13.2 Å². The molecule has 0 aromatic heterocycles. The van der Waals surface area contributed by atoms with E-state index in [0.29, 0.717) is 37.3 Å². The quantitative estimate of drug-likeness (QED) is 0.596. The summed E-state index contributed by atoms with van der Waals surface area (Å²) < 4.78 is 32.2. The van der Waals surface area contributed by atoms with Gasteiger partial charge < -0.3 is 10.1 Å². The number of benzene rings is 2. The number of nitrogens with one attached hydrogen (secondary N) is 2. The lowest BCUT2D eigenvalue weighted by molar-refractivity contribution is 0.0942. The van der Waals surface area contributed by atoms with Crippen LogP contribution < -0.4 is 10.0 Å². The maximum absolute atomic E-state index is 12.4. The average molecular weight is 405 g/mol. The molecule has 0 radical (unpaired) electrons. The van der Waals surface area contributed by atoms with Crippen molar-refractivity contribution in [1.82, 2.24) is 10.0 Å². The van der Waals surface area contributed by atoms with Crippen LogP contribution in [0.5, 0.6) is 0 Å². The first-order valence-corrected chi connectivity index (χ1v) is 10.8. The van der Waals surface area contributed by atoms with Crippen LogP contribution in [0.15, 0.2) is 47.4 Å². The number of hydrogen-bond donors (Lipinski definition) is 2. The third-order valence-corrected chi connectivity index (χ3v) is 6.11. The smallest absolute Gasteiger partial charge is 0.251 e. The first-order valence-electron chi connectivity index (χ1n) is 9.30. The fourth-order valence-electron chi connectivity index (χ4n) is 2.76. The van der Waals surface area contributed by atoms with E-state index >= 15 is 0 Å². The van der Waals surface area contributed by atoms with Crippen molar-refractivity contribution in [1.29, 1.82) is 0 Å². The number of aryl methyl sites for hydroxylation is 1. The zero-order chi connectivity index (χ0) is 20.6. The number of sulfonamides is 1. The van der Waals surface area contributed by atoms with Crippen molar-refractivity contribution in [2.24, 2.45) is 0 Å². The summed E-state index contributed by atoms with van der Waals surface area (Å²) >= 11 is 0. The van der Waals surface area contributed by atoms with Gasteiger partial charge >= 0.3 is 0 Å². The molecule has 2 rings (SSSR count). The number of hydrogen-bond acceptors (Lipinski definition) is 4. The SMILES string of the molecule is CNS(=O)(=O)c1cc(C(=O)NCCCOCCc2ccccc2)cc(C)c1C. The zero-order valence-corrected chi connectivity index (χ0v) is 17.4. The van der Waals surface area contributed by atoms with Crippen molar-refractivity contribution in [3.8, 4) is 0 Å². The van der Waals surface area contributed by atoms with Crippen molar-refractivity contribution in [3.05, 3.63) is 64.7 Å². The minimum Gasteiger partial charge on any atom is -0.381 e. The first-order chi connectivity index (χ1) is 13.3. The molecular formula is C21H28N2O4S. The third kappa shape index (κ3) is 6.15. The molecule has 0 aliphatic rings. The standard InChI is InChI=1S/C21H28N2O4S/c1-16-14-19(15-20(17(16)2)28(25,26)22-3)21(24)23-11-7-12-27-13-10-18-8-5-4-6-9-18/h4-6,8-9,14-15,22H,7,10-13H2,1-3H3,(H,23,24). The number of carbonyl (C=O) groups excluding carboxylic acids is 1. The molecule has 0 fully saturated rings. The summed E-state index contributed by atoms with van der Waals surface area (Å²) in [6, 6.07) is 13.2. The summed E-state index contributed by atoms with van der Waals surface area (Å²) in [5.74, 6) is -0.292. The number of amides is 1.